The Bertz CT molecular complexity index is 400. The van der Waals surface area contributed by atoms with Crippen LogP contribution in [0.15, 0.2) is 10.8 Å². The molecule has 0 aromatic carbocycles. The molecule has 1 fully saturated rings. The first kappa shape index (κ1) is 14.5. The van der Waals surface area contributed by atoms with Gasteiger partial charge in [0.05, 0.1) is 12.7 Å². The summed E-state index contributed by atoms with van der Waals surface area (Å²) in [6.07, 6.45) is 2.88. The van der Waals surface area contributed by atoms with Crippen LogP contribution in [0.3, 0.4) is 0 Å². The molecule has 0 aliphatic carbocycles. The van der Waals surface area contributed by atoms with Crippen molar-refractivity contribution >= 4 is 17.2 Å². The molecule has 19 heavy (non-hydrogen) atoms. The predicted molar refractivity (Wildman–Crippen MR) is 77.4 cm³/mol. The molecule has 2 N–H and O–H groups in total. The van der Waals surface area contributed by atoms with Gasteiger partial charge in [0.1, 0.15) is 0 Å². The minimum Gasteiger partial charge on any atom is -0.378 e. The molecule has 0 unspecified atom stereocenters. The van der Waals surface area contributed by atoms with Crippen LogP contribution in [0.25, 0.3) is 0 Å². The second-order valence-corrected chi connectivity index (χ2v) is 5.67. The van der Waals surface area contributed by atoms with Crippen molar-refractivity contribution in [1.82, 2.24) is 10.6 Å². The van der Waals surface area contributed by atoms with E-state index in [0.29, 0.717) is 25.7 Å². The lowest BCUT2D eigenvalue weighted by Gasteiger charge is -2.22. The molecule has 0 saturated carbocycles. The van der Waals surface area contributed by atoms with E-state index < -0.39 is 0 Å². The van der Waals surface area contributed by atoms with Crippen LogP contribution < -0.4 is 10.6 Å². The Hall–Kier alpha value is -0.910. The lowest BCUT2D eigenvalue weighted by atomic mass is 10.1. The first-order valence-corrected chi connectivity index (χ1v) is 7.80. The molecule has 2 rings (SSSR count). The zero-order valence-electron chi connectivity index (χ0n) is 11.4. The van der Waals surface area contributed by atoms with Crippen molar-refractivity contribution in [2.24, 2.45) is 0 Å². The Morgan fingerprint density at radius 3 is 2.95 bits per heavy atom. The summed E-state index contributed by atoms with van der Waals surface area (Å²) in [5.74, 6) is 0.0690. The molecule has 4 nitrogen and oxygen atoms in total. The number of aryl methyl sites for hydroxylation is 1. The van der Waals surface area contributed by atoms with Gasteiger partial charge < -0.3 is 15.4 Å². The van der Waals surface area contributed by atoms with Crippen molar-refractivity contribution in [3.8, 4) is 0 Å². The van der Waals surface area contributed by atoms with Gasteiger partial charge in [0.2, 0.25) is 5.91 Å². The molecule has 0 atom stereocenters. The molecule has 1 aromatic heterocycles. The smallest absolute Gasteiger partial charge is 0.222 e. The maximum absolute atomic E-state index is 11.7. The molecule has 1 aliphatic rings. The van der Waals surface area contributed by atoms with E-state index in [1.54, 1.807) is 11.3 Å². The van der Waals surface area contributed by atoms with Gasteiger partial charge in [0, 0.05) is 13.0 Å². The number of amides is 1. The largest absolute Gasteiger partial charge is 0.378 e. The highest BCUT2D eigenvalue weighted by molar-refractivity contribution is 7.08. The topological polar surface area (TPSA) is 50.4 Å². The third kappa shape index (κ3) is 4.93. The highest BCUT2D eigenvalue weighted by Crippen LogP contribution is 2.13. The van der Waals surface area contributed by atoms with Crippen molar-refractivity contribution in [2.75, 3.05) is 19.7 Å². The standard InChI is InChI=1S/C14H22N2O2S/c1-11-9-19-10-12(11)8-16-14(17)4-7-18-13-2-5-15-6-3-13/h9-10,13,15H,2-8H2,1H3,(H,16,17). The number of rotatable bonds is 6. The molecule has 0 bridgehead atoms. The summed E-state index contributed by atoms with van der Waals surface area (Å²) in [5, 5.41) is 10.4. The van der Waals surface area contributed by atoms with E-state index in [-0.39, 0.29) is 5.91 Å². The summed E-state index contributed by atoms with van der Waals surface area (Å²) in [6, 6.07) is 0. The summed E-state index contributed by atoms with van der Waals surface area (Å²) in [5.41, 5.74) is 2.45. The van der Waals surface area contributed by atoms with Gasteiger partial charge in [-0.05, 0) is 54.7 Å². The molecule has 1 aliphatic heterocycles. The third-order valence-corrected chi connectivity index (χ3v) is 4.32. The molecule has 1 amide bonds. The maximum Gasteiger partial charge on any atom is 0.222 e. The van der Waals surface area contributed by atoms with Crippen LogP contribution in [0.4, 0.5) is 0 Å². The fourth-order valence-corrected chi connectivity index (χ4v) is 2.99. The number of nitrogens with one attached hydrogen (secondary N) is 2. The molecular weight excluding hydrogens is 260 g/mol. The molecule has 1 aromatic rings. The minimum absolute atomic E-state index is 0.0690. The summed E-state index contributed by atoms with van der Waals surface area (Å²) >= 11 is 1.67. The number of carbonyl (C=O) groups excluding carboxylic acids is 1. The fraction of sp³-hybridized carbons (Fsp3) is 0.643. The van der Waals surface area contributed by atoms with Crippen molar-refractivity contribution in [1.29, 1.82) is 0 Å². The van der Waals surface area contributed by atoms with E-state index in [9.17, 15) is 4.79 Å². The van der Waals surface area contributed by atoms with Gasteiger partial charge in [0.25, 0.3) is 0 Å². The molecule has 5 heteroatoms. The van der Waals surface area contributed by atoms with E-state index >= 15 is 0 Å². The number of hydrogen-bond donors (Lipinski definition) is 2. The lowest BCUT2D eigenvalue weighted by molar-refractivity contribution is -0.122. The van der Waals surface area contributed by atoms with E-state index in [0.717, 1.165) is 25.9 Å². The molecule has 2 heterocycles. The molecule has 0 spiro atoms. The average Bonchev–Trinajstić information content (AvgIpc) is 2.83. The van der Waals surface area contributed by atoms with Gasteiger partial charge in [-0.1, -0.05) is 0 Å². The SMILES string of the molecule is Cc1cscc1CNC(=O)CCOC1CCNCC1. The number of piperidine rings is 1. The Morgan fingerprint density at radius 1 is 1.47 bits per heavy atom. The summed E-state index contributed by atoms with van der Waals surface area (Å²) in [6.45, 7) is 5.27. The van der Waals surface area contributed by atoms with Crippen LogP contribution in [0.5, 0.6) is 0 Å². The van der Waals surface area contributed by atoms with Crippen LogP contribution in [-0.2, 0) is 16.1 Å². The highest BCUT2D eigenvalue weighted by atomic mass is 32.1. The van der Waals surface area contributed by atoms with Crippen molar-refractivity contribution < 1.29 is 9.53 Å². The first-order valence-electron chi connectivity index (χ1n) is 6.86. The molecule has 0 radical (unpaired) electrons. The predicted octanol–water partition coefficient (Wildman–Crippen LogP) is 1.83. The van der Waals surface area contributed by atoms with E-state index in [1.807, 2.05) is 0 Å². The number of ether oxygens (including phenoxy) is 1. The van der Waals surface area contributed by atoms with Crippen LogP contribution in [0.2, 0.25) is 0 Å². The Balaban J connectivity index is 1.58. The monoisotopic (exact) mass is 282 g/mol. The Kier molecular flexibility index (Phi) is 5.82. The highest BCUT2D eigenvalue weighted by Gasteiger charge is 2.13. The Morgan fingerprint density at radius 2 is 2.26 bits per heavy atom. The second-order valence-electron chi connectivity index (χ2n) is 4.93. The van der Waals surface area contributed by atoms with Crippen LogP contribution in [0.1, 0.15) is 30.4 Å². The van der Waals surface area contributed by atoms with Gasteiger partial charge in [-0.2, -0.15) is 11.3 Å². The minimum atomic E-state index is 0.0690. The normalized spacial score (nSPS) is 16.5. The van der Waals surface area contributed by atoms with Crippen molar-refractivity contribution in [3.05, 3.63) is 21.9 Å². The van der Waals surface area contributed by atoms with E-state index in [4.69, 9.17) is 4.74 Å². The van der Waals surface area contributed by atoms with Gasteiger partial charge in [-0.25, -0.2) is 0 Å². The zero-order valence-corrected chi connectivity index (χ0v) is 12.2. The zero-order chi connectivity index (χ0) is 13.5. The van der Waals surface area contributed by atoms with Crippen molar-refractivity contribution in [2.45, 2.75) is 38.8 Å². The summed E-state index contributed by atoms with van der Waals surface area (Å²) in [7, 11) is 0. The molecule has 106 valence electrons. The summed E-state index contributed by atoms with van der Waals surface area (Å²) < 4.78 is 5.72. The summed E-state index contributed by atoms with van der Waals surface area (Å²) in [4.78, 5) is 11.7. The van der Waals surface area contributed by atoms with Crippen LogP contribution in [0, 0.1) is 6.92 Å². The van der Waals surface area contributed by atoms with Crippen LogP contribution in [-0.4, -0.2) is 31.7 Å². The van der Waals surface area contributed by atoms with Gasteiger partial charge in [0.15, 0.2) is 0 Å². The number of thiophene rings is 1. The maximum atomic E-state index is 11.7. The van der Waals surface area contributed by atoms with Gasteiger partial charge >= 0.3 is 0 Å². The molecular formula is C14H22N2O2S. The van der Waals surface area contributed by atoms with E-state index in [2.05, 4.69) is 28.3 Å². The lowest BCUT2D eigenvalue weighted by Crippen LogP contribution is -2.33. The quantitative estimate of drug-likeness (QED) is 0.837. The van der Waals surface area contributed by atoms with Gasteiger partial charge in [-0.15, -0.1) is 0 Å². The average molecular weight is 282 g/mol. The van der Waals surface area contributed by atoms with E-state index in [1.165, 1.54) is 11.1 Å². The fourth-order valence-electron chi connectivity index (χ4n) is 2.13. The number of carbonyl (C=O) groups is 1. The molecule has 1 saturated heterocycles. The second kappa shape index (κ2) is 7.62. The van der Waals surface area contributed by atoms with Gasteiger partial charge in [-0.3, -0.25) is 4.79 Å². The van der Waals surface area contributed by atoms with Crippen molar-refractivity contribution in [3.63, 3.8) is 0 Å². The number of hydrogen-bond acceptors (Lipinski definition) is 4. The third-order valence-electron chi connectivity index (χ3n) is 3.41. The van der Waals surface area contributed by atoms with Crippen LogP contribution >= 0.6 is 11.3 Å². The first-order chi connectivity index (χ1) is 9.25. The Labute approximate surface area is 118 Å².